The van der Waals surface area contributed by atoms with Crippen LogP contribution in [0.2, 0.25) is 10.0 Å². The van der Waals surface area contributed by atoms with Crippen LogP contribution in [0.3, 0.4) is 0 Å². The number of nitrogens with one attached hydrogen (secondary N) is 1. The Hall–Kier alpha value is -1.26. The van der Waals surface area contributed by atoms with Gasteiger partial charge in [-0.05, 0) is 12.1 Å². The number of hydrogen-bond donors (Lipinski definition) is 1. The first-order valence-electron chi connectivity index (χ1n) is 5.59. The van der Waals surface area contributed by atoms with E-state index >= 15 is 0 Å². The maximum atomic E-state index is 12.3. The Morgan fingerprint density at radius 3 is 2.83 bits per heavy atom. The van der Waals surface area contributed by atoms with Crippen molar-refractivity contribution in [2.75, 3.05) is 19.6 Å². The Labute approximate surface area is 115 Å². The van der Waals surface area contributed by atoms with Crippen molar-refractivity contribution in [3.63, 3.8) is 0 Å². The summed E-state index contributed by atoms with van der Waals surface area (Å²) in [4.78, 5) is 25.1. The lowest BCUT2D eigenvalue weighted by Gasteiger charge is -2.20. The van der Waals surface area contributed by atoms with E-state index in [2.05, 4.69) is 5.32 Å². The van der Waals surface area contributed by atoms with E-state index < -0.39 is 0 Å². The van der Waals surface area contributed by atoms with Gasteiger partial charge in [-0.1, -0.05) is 29.3 Å². The molecular formula is C12H12Cl2N2O2. The van der Waals surface area contributed by atoms with Crippen LogP contribution in [-0.2, 0) is 4.79 Å². The standard InChI is InChI=1S/C12H12Cl2N2O2/c13-9-3-1-2-8(11(9)14)12(18)16-6-4-10(17)15-5-7-16/h1-3H,4-7H2,(H,15,17). The molecule has 1 N–H and O–H groups in total. The zero-order valence-electron chi connectivity index (χ0n) is 9.58. The fourth-order valence-electron chi connectivity index (χ4n) is 1.81. The fourth-order valence-corrected chi connectivity index (χ4v) is 2.19. The lowest BCUT2D eigenvalue weighted by Crippen LogP contribution is -2.34. The molecule has 96 valence electrons. The van der Waals surface area contributed by atoms with Crippen LogP contribution in [0.1, 0.15) is 16.8 Å². The molecule has 2 amide bonds. The second-order valence-electron chi connectivity index (χ2n) is 3.99. The highest BCUT2D eigenvalue weighted by atomic mass is 35.5. The molecule has 0 saturated carbocycles. The summed E-state index contributed by atoms with van der Waals surface area (Å²) in [6, 6.07) is 4.95. The second-order valence-corrected chi connectivity index (χ2v) is 4.78. The van der Waals surface area contributed by atoms with E-state index in [0.717, 1.165) is 0 Å². The van der Waals surface area contributed by atoms with E-state index in [4.69, 9.17) is 23.2 Å². The van der Waals surface area contributed by atoms with E-state index in [0.29, 0.717) is 36.6 Å². The summed E-state index contributed by atoms with van der Waals surface area (Å²) >= 11 is 11.9. The molecule has 18 heavy (non-hydrogen) atoms. The van der Waals surface area contributed by atoms with E-state index in [1.54, 1.807) is 23.1 Å². The molecule has 1 saturated heterocycles. The highest BCUT2D eigenvalue weighted by molar-refractivity contribution is 6.43. The molecule has 1 aromatic rings. The van der Waals surface area contributed by atoms with Gasteiger partial charge in [0.25, 0.3) is 5.91 Å². The van der Waals surface area contributed by atoms with E-state index in [1.165, 1.54) is 0 Å². The first-order valence-corrected chi connectivity index (χ1v) is 6.35. The minimum absolute atomic E-state index is 0.0394. The van der Waals surface area contributed by atoms with Gasteiger partial charge in [0.15, 0.2) is 0 Å². The van der Waals surface area contributed by atoms with Crippen LogP contribution in [0.4, 0.5) is 0 Å². The zero-order valence-corrected chi connectivity index (χ0v) is 11.1. The van der Waals surface area contributed by atoms with E-state index in [9.17, 15) is 9.59 Å². The molecule has 0 aromatic heterocycles. The van der Waals surface area contributed by atoms with Crippen LogP contribution >= 0.6 is 23.2 Å². The van der Waals surface area contributed by atoms with E-state index in [1.807, 2.05) is 0 Å². The number of nitrogens with zero attached hydrogens (tertiary/aromatic N) is 1. The highest BCUT2D eigenvalue weighted by Crippen LogP contribution is 2.26. The zero-order chi connectivity index (χ0) is 13.1. The summed E-state index contributed by atoms with van der Waals surface area (Å²) in [5.74, 6) is -0.235. The van der Waals surface area contributed by atoms with Crippen molar-refractivity contribution in [1.29, 1.82) is 0 Å². The van der Waals surface area contributed by atoms with Crippen LogP contribution in [0.15, 0.2) is 18.2 Å². The van der Waals surface area contributed by atoms with Gasteiger partial charge in [0.2, 0.25) is 5.91 Å². The monoisotopic (exact) mass is 286 g/mol. The van der Waals surface area contributed by atoms with Crippen molar-refractivity contribution in [2.24, 2.45) is 0 Å². The lowest BCUT2D eigenvalue weighted by atomic mass is 10.2. The molecule has 0 bridgehead atoms. The second kappa shape index (κ2) is 5.59. The predicted molar refractivity (Wildman–Crippen MR) is 70.0 cm³/mol. The molecule has 1 aromatic carbocycles. The third-order valence-corrected chi connectivity index (χ3v) is 3.60. The SMILES string of the molecule is O=C1CCN(C(=O)c2cccc(Cl)c2Cl)CCN1. The molecule has 2 rings (SSSR count). The Balaban J connectivity index is 2.20. The van der Waals surface area contributed by atoms with Crippen molar-refractivity contribution >= 4 is 35.0 Å². The molecule has 0 radical (unpaired) electrons. The van der Waals surface area contributed by atoms with Crippen LogP contribution < -0.4 is 5.32 Å². The molecule has 0 atom stereocenters. The van der Waals surface area contributed by atoms with Crippen molar-refractivity contribution in [2.45, 2.75) is 6.42 Å². The first-order chi connectivity index (χ1) is 8.59. The quantitative estimate of drug-likeness (QED) is 0.858. The predicted octanol–water partition coefficient (Wildman–Crippen LogP) is 1.96. The third-order valence-electron chi connectivity index (χ3n) is 2.78. The van der Waals surface area contributed by atoms with Gasteiger partial charge in [0.05, 0.1) is 15.6 Å². The third kappa shape index (κ3) is 2.76. The van der Waals surface area contributed by atoms with Gasteiger partial charge in [-0.2, -0.15) is 0 Å². The normalized spacial score (nSPS) is 16.1. The average Bonchev–Trinajstić information content (AvgIpc) is 2.57. The molecule has 0 aliphatic carbocycles. The summed E-state index contributed by atoms with van der Waals surface area (Å²) in [6.07, 6.45) is 0.309. The lowest BCUT2D eigenvalue weighted by molar-refractivity contribution is -0.120. The summed E-state index contributed by atoms with van der Waals surface area (Å²) < 4.78 is 0. The molecule has 1 aliphatic rings. The van der Waals surface area contributed by atoms with E-state index in [-0.39, 0.29) is 16.8 Å². The number of amides is 2. The number of halogens is 2. The minimum atomic E-state index is -0.195. The number of carbonyl (C=O) groups excluding carboxylic acids is 2. The van der Waals surface area contributed by atoms with Crippen LogP contribution in [0, 0.1) is 0 Å². The van der Waals surface area contributed by atoms with Crippen molar-refractivity contribution in [3.8, 4) is 0 Å². The maximum Gasteiger partial charge on any atom is 0.255 e. The van der Waals surface area contributed by atoms with Gasteiger partial charge < -0.3 is 10.2 Å². The first kappa shape index (κ1) is 13.2. The minimum Gasteiger partial charge on any atom is -0.354 e. The molecular weight excluding hydrogens is 275 g/mol. The molecule has 1 heterocycles. The van der Waals surface area contributed by atoms with Crippen LogP contribution in [0.25, 0.3) is 0 Å². The average molecular weight is 287 g/mol. The number of rotatable bonds is 1. The molecule has 1 fully saturated rings. The number of carbonyl (C=O) groups is 2. The van der Waals surface area contributed by atoms with Crippen LogP contribution in [-0.4, -0.2) is 36.3 Å². The maximum absolute atomic E-state index is 12.3. The van der Waals surface area contributed by atoms with Gasteiger partial charge in [0, 0.05) is 26.1 Å². The summed E-state index contributed by atoms with van der Waals surface area (Å²) in [5, 5.41) is 3.33. The summed E-state index contributed by atoms with van der Waals surface area (Å²) in [5.41, 5.74) is 0.374. The summed E-state index contributed by atoms with van der Waals surface area (Å²) in [6.45, 7) is 1.34. The van der Waals surface area contributed by atoms with Gasteiger partial charge in [0.1, 0.15) is 0 Å². The van der Waals surface area contributed by atoms with Gasteiger partial charge in [-0.3, -0.25) is 9.59 Å². The number of benzene rings is 1. The Morgan fingerprint density at radius 2 is 2.06 bits per heavy atom. The number of hydrogen-bond acceptors (Lipinski definition) is 2. The van der Waals surface area contributed by atoms with Crippen molar-refractivity contribution in [1.82, 2.24) is 10.2 Å². The molecule has 6 heteroatoms. The highest BCUT2D eigenvalue weighted by Gasteiger charge is 2.22. The largest absolute Gasteiger partial charge is 0.354 e. The smallest absolute Gasteiger partial charge is 0.255 e. The summed E-state index contributed by atoms with van der Waals surface area (Å²) in [7, 11) is 0. The van der Waals surface area contributed by atoms with Gasteiger partial charge >= 0.3 is 0 Å². The molecule has 1 aliphatic heterocycles. The van der Waals surface area contributed by atoms with Gasteiger partial charge in [-0.25, -0.2) is 0 Å². The molecule has 0 unspecified atom stereocenters. The van der Waals surface area contributed by atoms with Crippen LogP contribution in [0.5, 0.6) is 0 Å². The Morgan fingerprint density at radius 1 is 1.28 bits per heavy atom. The van der Waals surface area contributed by atoms with Crippen molar-refractivity contribution in [3.05, 3.63) is 33.8 Å². The Bertz CT molecular complexity index is 491. The molecule has 4 nitrogen and oxygen atoms in total. The molecule has 0 spiro atoms. The fraction of sp³-hybridized carbons (Fsp3) is 0.333. The van der Waals surface area contributed by atoms with Gasteiger partial charge in [-0.15, -0.1) is 0 Å². The topological polar surface area (TPSA) is 49.4 Å². The van der Waals surface area contributed by atoms with Crippen molar-refractivity contribution < 1.29 is 9.59 Å². The Kier molecular flexibility index (Phi) is 4.09.